The highest BCUT2D eigenvalue weighted by Gasteiger charge is 2.45. The van der Waals surface area contributed by atoms with Gasteiger partial charge in [0.15, 0.2) is 0 Å². The Labute approximate surface area is 321 Å². The van der Waals surface area contributed by atoms with Gasteiger partial charge < -0.3 is 10.2 Å². The highest BCUT2D eigenvalue weighted by atomic mass is 19.1. The van der Waals surface area contributed by atoms with Crippen LogP contribution in [0.4, 0.5) is 17.6 Å². The van der Waals surface area contributed by atoms with Crippen molar-refractivity contribution in [2.75, 3.05) is 28.3 Å². The maximum absolute atomic E-state index is 13.0. The largest absolute Gasteiger partial charge is 0.481 e. The van der Waals surface area contributed by atoms with E-state index < -0.39 is 11.9 Å². The number of carboxylic acids is 2. The number of hydrogen-bond acceptors (Lipinski definition) is 6. The zero-order valence-electron chi connectivity index (χ0n) is 31.0. The second kappa shape index (κ2) is 21.7. The number of halogens is 4. The molecule has 4 atom stereocenters. The van der Waals surface area contributed by atoms with Crippen LogP contribution < -0.4 is 0 Å². The molecule has 0 bridgehead atoms. The van der Waals surface area contributed by atoms with E-state index in [1.165, 1.54) is 99.2 Å². The van der Waals surface area contributed by atoms with Crippen molar-refractivity contribution in [2.45, 2.75) is 24.7 Å². The van der Waals surface area contributed by atoms with Crippen LogP contribution in [0.1, 0.15) is 46.9 Å². The molecule has 2 saturated carbocycles. The lowest BCUT2D eigenvalue weighted by Gasteiger charge is -2.13. The summed E-state index contributed by atoms with van der Waals surface area (Å²) in [5.74, 6) is -3.63. The first-order valence-corrected chi connectivity index (χ1v) is 17.1. The zero-order valence-corrected chi connectivity index (χ0v) is 31.0. The molecule has 0 saturated heterocycles. The van der Waals surface area contributed by atoms with E-state index in [0.717, 1.165) is 28.7 Å². The molecular weight excluding hydrogens is 736 g/mol. The van der Waals surface area contributed by atoms with Gasteiger partial charge in [0.25, 0.3) is 5.91 Å². The number of carbonyl (C=O) groups excluding carboxylic acids is 2. The van der Waals surface area contributed by atoms with Crippen molar-refractivity contribution in [1.29, 1.82) is 0 Å². The monoisotopic (exact) mass is 778 g/mol. The van der Waals surface area contributed by atoms with Crippen molar-refractivity contribution in [3.05, 3.63) is 155 Å². The van der Waals surface area contributed by atoms with E-state index >= 15 is 0 Å². The number of aliphatic carboxylic acids is 2. The smallest absolute Gasteiger partial charge is 0.328 e. The molecule has 2 N–H and O–H groups in total. The molecule has 0 aromatic heterocycles. The van der Waals surface area contributed by atoms with Crippen LogP contribution in [0.3, 0.4) is 0 Å². The number of carboxylic acid groups (broad SMARTS) is 2. The lowest BCUT2D eigenvalue weighted by molar-refractivity contribution is -0.170. The van der Waals surface area contributed by atoms with Crippen LogP contribution in [0.25, 0.3) is 12.2 Å². The molecule has 14 heteroatoms. The molecule has 4 unspecified atom stereocenters. The Morgan fingerprint density at radius 1 is 0.607 bits per heavy atom. The molecule has 0 aliphatic heterocycles. The summed E-state index contributed by atoms with van der Waals surface area (Å²) >= 11 is 0. The molecule has 2 amide bonds. The van der Waals surface area contributed by atoms with E-state index in [1.54, 1.807) is 43.4 Å². The van der Waals surface area contributed by atoms with Crippen molar-refractivity contribution >= 4 is 35.9 Å². The summed E-state index contributed by atoms with van der Waals surface area (Å²) in [7, 11) is 5.94. The average Bonchev–Trinajstić information content (AvgIpc) is 4.11. The van der Waals surface area contributed by atoms with Crippen LogP contribution in [0.2, 0.25) is 0 Å². The maximum atomic E-state index is 13.0. The van der Waals surface area contributed by atoms with Gasteiger partial charge in [-0.1, -0.05) is 48.5 Å². The molecule has 2 aliphatic carbocycles. The molecule has 10 nitrogen and oxygen atoms in total. The molecule has 4 aromatic carbocycles. The van der Waals surface area contributed by atoms with E-state index in [4.69, 9.17) is 15.1 Å². The number of amides is 2. The third-order valence-corrected chi connectivity index (χ3v) is 8.47. The molecule has 0 radical (unpaired) electrons. The van der Waals surface area contributed by atoms with Crippen LogP contribution in [-0.4, -0.2) is 72.4 Å². The van der Waals surface area contributed by atoms with Crippen LogP contribution >= 0.6 is 0 Å². The van der Waals surface area contributed by atoms with Crippen LogP contribution in [0.15, 0.2) is 109 Å². The Morgan fingerprint density at radius 3 is 1.41 bits per heavy atom. The Bertz CT molecular complexity index is 2020. The number of carbonyl (C=O) groups is 4. The fraction of sp³-hybridized carbons (Fsp3) is 0.238. The van der Waals surface area contributed by atoms with Crippen LogP contribution in [0.5, 0.6) is 0 Å². The summed E-state index contributed by atoms with van der Waals surface area (Å²) in [5, 5.41) is 19.2. The normalized spacial score (nSPS) is 17.6. The van der Waals surface area contributed by atoms with Gasteiger partial charge in [-0.3, -0.25) is 24.1 Å². The van der Waals surface area contributed by atoms with Crippen LogP contribution in [-0.2, 0) is 28.9 Å². The summed E-state index contributed by atoms with van der Waals surface area (Å²) < 4.78 is 51.0. The Kier molecular flexibility index (Phi) is 17.1. The predicted molar refractivity (Wildman–Crippen MR) is 200 cm³/mol. The van der Waals surface area contributed by atoms with Gasteiger partial charge in [-0.05, 0) is 108 Å². The quantitative estimate of drug-likeness (QED) is 0.0950. The molecule has 56 heavy (non-hydrogen) atoms. The topological polar surface area (TPSA) is 134 Å². The standard InChI is InChI=1S/C12H14FNO2.C11H12FNO2.C10H9FO2.C9H7FO2/c1-14(16-2)12(15)11-7-10(11)8-4-3-5-9(13)6-8;1-13(15-2)11(14)7-6-9-4-3-5-10(12)8-9;11-7-3-1-2-6(4-7)8-5-9(8)10(12)13;10-8-3-1-2-7(6-8)4-5-9(11)12/h3-6,10-11H,7H2,1-2H3;3-8H,1-2H3;1-4,8-9H,5H2,(H,12,13);1-6H,(H,11,12)/b;7-6+;;5-4+. The third kappa shape index (κ3) is 15.0. The molecule has 6 rings (SSSR count). The molecule has 0 heterocycles. The fourth-order valence-corrected chi connectivity index (χ4v) is 5.22. The van der Waals surface area contributed by atoms with Crippen molar-refractivity contribution in [3.8, 4) is 0 Å². The van der Waals surface area contributed by atoms with Crippen LogP contribution in [0, 0.1) is 35.1 Å². The van der Waals surface area contributed by atoms with Gasteiger partial charge in [-0.2, -0.15) is 0 Å². The molecular formula is C42H42F4N2O8. The summed E-state index contributed by atoms with van der Waals surface area (Å²) in [6.45, 7) is 0. The average molecular weight is 779 g/mol. The van der Waals surface area contributed by atoms with Gasteiger partial charge in [0.1, 0.15) is 23.3 Å². The summed E-state index contributed by atoms with van der Waals surface area (Å²) in [6, 6.07) is 24.3. The Balaban J connectivity index is 0.000000201. The first-order chi connectivity index (χ1) is 26.6. The van der Waals surface area contributed by atoms with Gasteiger partial charge in [-0.15, -0.1) is 0 Å². The third-order valence-electron chi connectivity index (χ3n) is 8.47. The van der Waals surface area contributed by atoms with Gasteiger partial charge >= 0.3 is 11.9 Å². The molecule has 4 aromatic rings. The maximum Gasteiger partial charge on any atom is 0.328 e. The van der Waals surface area contributed by atoms with Gasteiger partial charge in [-0.25, -0.2) is 32.5 Å². The number of nitrogens with zero attached hydrogens (tertiary/aromatic N) is 2. The minimum atomic E-state index is -1.04. The van der Waals surface area contributed by atoms with E-state index in [1.807, 2.05) is 6.07 Å². The van der Waals surface area contributed by atoms with Gasteiger partial charge in [0.05, 0.1) is 20.1 Å². The highest BCUT2D eigenvalue weighted by molar-refractivity contribution is 5.90. The van der Waals surface area contributed by atoms with Gasteiger partial charge in [0.2, 0.25) is 5.91 Å². The minimum Gasteiger partial charge on any atom is -0.481 e. The van der Waals surface area contributed by atoms with Crippen molar-refractivity contribution < 1.29 is 56.6 Å². The number of rotatable bonds is 10. The molecule has 2 aliphatic rings. The van der Waals surface area contributed by atoms with E-state index in [2.05, 4.69) is 4.84 Å². The summed E-state index contributed by atoms with van der Waals surface area (Å²) in [5.41, 5.74) is 2.86. The number of likely N-dealkylation sites (N-methyl/N-ethyl adjacent to an activating group) is 1. The Morgan fingerprint density at radius 2 is 1.02 bits per heavy atom. The second-order valence-electron chi connectivity index (χ2n) is 12.5. The first-order valence-electron chi connectivity index (χ1n) is 17.1. The summed E-state index contributed by atoms with van der Waals surface area (Å²) in [4.78, 5) is 53.1. The second-order valence-corrected chi connectivity index (χ2v) is 12.5. The molecule has 296 valence electrons. The SMILES string of the molecule is CON(C)C(=O)/C=C/c1cccc(F)c1.CON(C)C(=O)C1CC1c1cccc(F)c1.O=C(O)/C=C/c1cccc(F)c1.O=C(O)C1CC1c1cccc(F)c1. The van der Waals surface area contributed by atoms with E-state index in [9.17, 15) is 36.7 Å². The minimum absolute atomic E-state index is 0.0215. The Hall–Kier alpha value is -6.12. The molecule has 2 fully saturated rings. The van der Waals surface area contributed by atoms with Crippen molar-refractivity contribution in [2.24, 2.45) is 11.8 Å². The van der Waals surface area contributed by atoms with E-state index in [-0.39, 0.29) is 58.8 Å². The van der Waals surface area contributed by atoms with Crippen molar-refractivity contribution in [3.63, 3.8) is 0 Å². The summed E-state index contributed by atoms with van der Waals surface area (Å²) in [6.07, 6.45) is 6.56. The number of benzene rings is 4. The van der Waals surface area contributed by atoms with Gasteiger partial charge in [0, 0.05) is 32.2 Å². The number of hydrogen-bond donors (Lipinski definition) is 2. The predicted octanol–water partition coefficient (Wildman–Crippen LogP) is 7.75. The first kappa shape index (κ1) is 44.3. The number of hydroxylamine groups is 4. The lowest BCUT2D eigenvalue weighted by atomic mass is 10.1. The zero-order chi connectivity index (χ0) is 41.4. The lowest BCUT2D eigenvalue weighted by Crippen LogP contribution is -2.27. The van der Waals surface area contributed by atoms with E-state index in [0.29, 0.717) is 17.5 Å². The fourth-order valence-electron chi connectivity index (χ4n) is 5.22. The molecule has 0 spiro atoms. The van der Waals surface area contributed by atoms with Crippen molar-refractivity contribution in [1.82, 2.24) is 10.1 Å². The highest BCUT2D eigenvalue weighted by Crippen LogP contribution is 2.48.